The van der Waals surface area contributed by atoms with Gasteiger partial charge < -0.3 is 10.4 Å². The smallest absolute Gasteiger partial charge is 0.303 e. The van der Waals surface area contributed by atoms with E-state index in [1.807, 2.05) is 0 Å². The molecule has 17 heavy (non-hydrogen) atoms. The number of nitrogens with one attached hydrogen (secondary N) is 1. The van der Waals surface area contributed by atoms with Gasteiger partial charge in [-0.2, -0.15) is 0 Å². The van der Waals surface area contributed by atoms with Gasteiger partial charge >= 0.3 is 5.97 Å². The first-order chi connectivity index (χ1) is 8.00. The first-order valence-electron chi connectivity index (χ1n) is 5.42. The molecule has 0 spiro atoms. The lowest BCUT2D eigenvalue weighted by Crippen LogP contribution is -2.05. The summed E-state index contributed by atoms with van der Waals surface area (Å²) in [6, 6.07) is 2.25. The SMILES string of the molecule is Cc1cc(F)c(NCCCCC(=O)O)cc1F. The summed E-state index contributed by atoms with van der Waals surface area (Å²) in [6.45, 7) is 1.92. The Bertz CT molecular complexity index is 408. The van der Waals surface area contributed by atoms with Crippen LogP contribution < -0.4 is 5.32 Å². The molecule has 0 aliphatic carbocycles. The third-order valence-electron chi connectivity index (χ3n) is 2.38. The van der Waals surface area contributed by atoms with Crippen molar-refractivity contribution in [2.75, 3.05) is 11.9 Å². The molecule has 0 aromatic heterocycles. The molecule has 0 bridgehead atoms. The van der Waals surface area contributed by atoms with Crippen LogP contribution in [0.25, 0.3) is 0 Å². The van der Waals surface area contributed by atoms with E-state index in [0.717, 1.165) is 12.1 Å². The number of benzene rings is 1. The molecular weight excluding hydrogens is 228 g/mol. The Balaban J connectivity index is 2.41. The van der Waals surface area contributed by atoms with Crippen molar-refractivity contribution in [1.29, 1.82) is 0 Å². The Labute approximate surface area is 98.5 Å². The fraction of sp³-hybridized carbons (Fsp3) is 0.417. The largest absolute Gasteiger partial charge is 0.481 e. The Morgan fingerprint density at radius 2 is 2.00 bits per heavy atom. The molecule has 1 aromatic carbocycles. The highest BCUT2D eigenvalue weighted by atomic mass is 19.1. The molecule has 94 valence electrons. The van der Waals surface area contributed by atoms with Crippen LogP contribution in [0.15, 0.2) is 12.1 Å². The predicted molar refractivity (Wildman–Crippen MR) is 61.1 cm³/mol. The molecule has 0 saturated heterocycles. The van der Waals surface area contributed by atoms with Crippen LogP contribution in [-0.2, 0) is 4.79 Å². The molecule has 1 aromatic rings. The van der Waals surface area contributed by atoms with Crippen molar-refractivity contribution < 1.29 is 18.7 Å². The average Bonchev–Trinajstić information content (AvgIpc) is 2.24. The Morgan fingerprint density at radius 3 is 2.65 bits per heavy atom. The lowest BCUT2D eigenvalue weighted by molar-refractivity contribution is -0.137. The maximum Gasteiger partial charge on any atom is 0.303 e. The van der Waals surface area contributed by atoms with E-state index in [9.17, 15) is 13.6 Å². The zero-order valence-corrected chi connectivity index (χ0v) is 9.59. The zero-order valence-electron chi connectivity index (χ0n) is 9.59. The van der Waals surface area contributed by atoms with E-state index >= 15 is 0 Å². The van der Waals surface area contributed by atoms with Gasteiger partial charge in [-0.05, 0) is 31.4 Å². The highest BCUT2D eigenvalue weighted by Gasteiger charge is 2.06. The van der Waals surface area contributed by atoms with Gasteiger partial charge in [-0.15, -0.1) is 0 Å². The quantitative estimate of drug-likeness (QED) is 0.755. The van der Waals surface area contributed by atoms with Crippen LogP contribution in [0.1, 0.15) is 24.8 Å². The van der Waals surface area contributed by atoms with Crippen LogP contribution in [-0.4, -0.2) is 17.6 Å². The predicted octanol–water partition coefficient (Wildman–Crippen LogP) is 2.94. The third kappa shape index (κ3) is 4.38. The molecule has 0 saturated carbocycles. The summed E-state index contributed by atoms with van der Waals surface area (Å²) in [7, 11) is 0. The Morgan fingerprint density at radius 1 is 1.29 bits per heavy atom. The molecule has 3 nitrogen and oxygen atoms in total. The van der Waals surface area contributed by atoms with Gasteiger partial charge in [-0.25, -0.2) is 8.78 Å². The molecule has 0 aliphatic rings. The second-order valence-electron chi connectivity index (χ2n) is 3.86. The van der Waals surface area contributed by atoms with Gasteiger partial charge in [0.25, 0.3) is 0 Å². The molecule has 0 fully saturated rings. The van der Waals surface area contributed by atoms with E-state index in [0.29, 0.717) is 19.4 Å². The highest BCUT2D eigenvalue weighted by Crippen LogP contribution is 2.18. The fourth-order valence-electron chi connectivity index (χ4n) is 1.41. The van der Waals surface area contributed by atoms with E-state index in [1.165, 1.54) is 6.92 Å². The van der Waals surface area contributed by atoms with Crippen molar-refractivity contribution in [3.63, 3.8) is 0 Å². The molecule has 0 unspecified atom stereocenters. The van der Waals surface area contributed by atoms with Crippen LogP contribution in [0, 0.1) is 18.6 Å². The van der Waals surface area contributed by atoms with Crippen LogP contribution in [0.3, 0.4) is 0 Å². The molecule has 0 radical (unpaired) electrons. The number of hydrogen-bond donors (Lipinski definition) is 2. The number of rotatable bonds is 6. The first-order valence-corrected chi connectivity index (χ1v) is 5.42. The average molecular weight is 243 g/mol. The van der Waals surface area contributed by atoms with Crippen molar-refractivity contribution in [2.45, 2.75) is 26.2 Å². The van der Waals surface area contributed by atoms with E-state index in [1.54, 1.807) is 0 Å². The Hall–Kier alpha value is -1.65. The van der Waals surface area contributed by atoms with Gasteiger partial charge in [0.15, 0.2) is 0 Å². The number of unbranched alkanes of at least 4 members (excludes halogenated alkanes) is 1. The second-order valence-corrected chi connectivity index (χ2v) is 3.86. The van der Waals surface area contributed by atoms with Crippen molar-refractivity contribution in [3.05, 3.63) is 29.3 Å². The van der Waals surface area contributed by atoms with Crippen molar-refractivity contribution >= 4 is 11.7 Å². The molecule has 0 heterocycles. The summed E-state index contributed by atoms with van der Waals surface area (Å²) in [5, 5.41) is 11.2. The minimum atomic E-state index is -0.849. The number of anilines is 1. The van der Waals surface area contributed by atoms with Crippen LogP contribution in [0.4, 0.5) is 14.5 Å². The monoisotopic (exact) mass is 243 g/mol. The maximum atomic E-state index is 13.3. The van der Waals surface area contributed by atoms with E-state index in [-0.39, 0.29) is 17.7 Å². The molecule has 1 rings (SSSR count). The lowest BCUT2D eigenvalue weighted by Gasteiger charge is -2.08. The minimum absolute atomic E-state index is 0.0897. The number of halogens is 2. The molecule has 0 amide bonds. The van der Waals surface area contributed by atoms with Gasteiger partial charge in [0.1, 0.15) is 11.6 Å². The van der Waals surface area contributed by atoms with Crippen LogP contribution >= 0.6 is 0 Å². The maximum absolute atomic E-state index is 13.3. The Kier molecular flexibility index (Phi) is 4.87. The number of carboxylic acid groups (broad SMARTS) is 1. The lowest BCUT2D eigenvalue weighted by atomic mass is 10.2. The van der Waals surface area contributed by atoms with Crippen LogP contribution in [0.2, 0.25) is 0 Å². The normalized spacial score (nSPS) is 10.3. The number of carboxylic acids is 1. The van der Waals surface area contributed by atoms with E-state index < -0.39 is 17.6 Å². The van der Waals surface area contributed by atoms with E-state index in [2.05, 4.69) is 5.32 Å². The number of carbonyl (C=O) groups is 1. The summed E-state index contributed by atoms with van der Waals surface area (Å²) >= 11 is 0. The third-order valence-corrected chi connectivity index (χ3v) is 2.38. The first kappa shape index (κ1) is 13.4. The minimum Gasteiger partial charge on any atom is -0.481 e. The second kappa shape index (κ2) is 6.18. The zero-order chi connectivity index (χ0) is 12.8. The van der Waals surface area contributed by atoms with Gasteiger partial charge in [0.2, 0.25) is 0 Å². The van der Waals surface area contributed by atoms with E-state index in [4.69, 9.17) is 5.11 Å². The van der Waals surface area contributed by atoms with Crippen molar-refractivity contribution in [3.8, 4) is 0 Å². The van der Waals surface area contributed by atoms with Gasteiger partial charge in [0.05, 0.1) is 5.69 Å². The topological polar surface area (TPSA) is 49.3 Å². The van der Waals surface area contributed by atoms with Gasteiger partial charge in [-0.1, -0.05) is 0 Å². The summed E-state index contributed by atoms with van der Waals surface area (Å²) < 4.78 is 26.5. The molecule has 5 heteroatoms. The summed E-state index contributed by atoms with van der Waals surface area (Å²) in [5.74, 6) is -1.81. The molecule has 0 aliphatic heterocycles. The van der Waals surface area contributed by atoms with Crippen LogP contribution in [0.5, 0.6) is 0 Å². The molecular formula is C12H15F2NO2. The van der Waals surface area contributed by atoms with Gasteiger partial charge in [-0.3, -0.25) is 4.79 Å². The fourth-order valence-corrected chi connectivity index (χ4v) is 1.41. The highest BCUT2D eigenvalue weighted by molar-refractivity contribution is 5.66. The summed E-state index contributed by atoms with van der Waals surface area (Å²) in [5.41, 5.74) is 0.377. The molecule has 0 atom stereocenters. The number of hydrogen-bond acceptors (Lipinski definition) is 2. The number of aryl methyl sites for hydroxylation is 1. The number of aliphatic carboxylic acids is 1. The van der Waals surface area contributed by atoms with Crippen molar-refractivity contribution in [1.82, 2.24) is 0 Å². The summed E-state index contributed by atoms with van der Waals surface area (Å²) in [4.78, 5) is 10.2. The van der Waals surface area contributed by atoms with Crippen molar-refractivity contribution in [2.24, 2.45) is 0 Å². The van der Waals surface area contributed by atoms with Gasteiger partial charge in [0, 0.05) is 19.0 Å². The molecule has 2 N–H and O–H groups in total. The standard InChI is InChI=1S/C12H15F2NO2/c1-8-6-10(14)11(7-9(8)13)15-5-3-2-4-12(16)17/h6-7,15H,2-5H2,1H3,(H,16,17). The summed E-state index contributed by atoms with van der Waals surface area (Å²) in [6.07, 6.45) is 1.20.